The predicted octanol–water partition coefficient (Wildman–Crippen LogP) is 0.510. The quantitative estimate of drug-likeness (QED) is 0.801. The number of hydrogen-bond acceptors (Lipinski definition) is 4. The molecule has 5 nitrogen and oxygen atoms in total. The summed E-state index contributed by atoms with van der Waals surface area (Å²) < 4.78 is 25.3. The molecule has 0 fully saturated rings. The van der Waals surface area contributed by atoms with Crippen LogP contribution in [0.15, 0.2) is 24.3 Å². The molecule has 0 saturated carbocycles. The Kier molecular flexibility index (Phi) is 4.63. The van der Waals surface area contributed by atoms with Crippen LogP contribution in [0.4, 0.5) is 0 Å². The maximum absolute atomic E-state index is 11.5. The van der Waals surface area contributed by atoms with Crippen LogP contribution in [0.3, 0.4) is 0 Å². The predicted molar refractivity (Wildman–Crippen MR) is 63.2 cm³/mol. The van der Waals surface area contributed by atoms with E-state index in [0.717, 1.165) is 11.1 Å². The number of nitrogens with one attached hydrogen (secondary N) is 1. The summed E-state index contributed by atoms with van der Waals surface area (Å²) in [6.45, 7) is 1.43. The molecule has 0 spiro atoms. The Morgan fingerprint density at radius 2 is 1.88 bits per heavy atom. The minimum Gasteiger partial charge on any atom is -0.392 e. The SMILES string of the molecule is CC(C#N)S(=O)(=O)NCc1ccc(CO)cc1. The molecular weight excluding hydrogens is 240 g/mol. The van der Waals surface area contributed by atoms with Gasteiger partial charge in [-0.1, -0.05) is 24.3 Å². The van der Waals surface area contributed by atoms with E-state index < -0.39 is 15.3 Å². The summed E-state index contributed by atoms with van der Waals surface area (Å²) in [5.74, 6) is 0. The first-order chi connectivity index (χ1) is 7.99. The molecule has 6 heteroatoms. The standard InChI is InChI=1S/C11H14N2O3S/c1-9(6-12)17(15,16)13-7-10-2-4-11(8-14)5-3-10/h2-5,9,13-14H,7-8H2,1H3. The van der Waals surface area contributed by atoms with Gasteiger partial charge in [0.15, 0.2) is 5.25 Å². The van der Waals surface area contributed by atoms with Crippen LogP contribution in [0.2, 0.25) is 0 Å². The van der Waals surface area contributed by atoms with Gasteiger partial charge in [0, 0.05) is 6.54 Å². The molecular formula is C11H14N2O3S. The van der Waals surface area contributed by atoms with Gasteiger partial charge in [0.05, 0.1) is 12.7 Å². The average Bonchev–Trinajstić information content (AvgIpc) is 2.36. The highest BCUT2D eigenvalue weighted by molar-refractivity contribution is 7.90. The lowest BCUT2D eigenvalue weighted by Crippen LogP contribution is -2.31. The fourth-order valence-electron chi connectivity index (χ4n) is 1.14. The van der Waals surface area contributed by atoms with Gasteiger partial charge in [-0.2, -0.15) is 5.26 Å². The minimum absolute atomic E-state index is 0.0442. The summed E-state index contributed by atoms with van der Waals surface area (Å²) in [5, 5.41) is 16.3. The van der Waals surface area contributed by atoms with Gasteiger partial charge in [-0.05, 0) is 18.1 Å². The van der Waals surface area contributed by atoms with E-state index in [-0.39, 0.29) is 13.2 Å². The van der Waals surface area contributed by atoms with Crippen LogP contribution in [-0.4, -0.2) is 18.8 Å². The van der Waals surface area contributed by atoms with E-state index in [2.05, 4.69) is 4.72 Å². The lowest BCUT2D eigenvalue weighted by atomic mass is 10.1. The molecule has 0 radical (unpaired) electrons. The number of benzene rings is 1. The third-order valence-electron chi connectivity index (χ3n) is 2.33. The van der Waals surface area contributed by atoms with Crippen molar-refractivity contribution in [2.45, 2.75) is 25.3 Å². The first-order valence-corrected chi connectivity index (χ1v) is 6.61. The van der Waals surface area contributed by atoms with E-state index in [1.807, 2.05) is 0 Å². The van der Waals surface area contributed by atoms with Gasteiger partial charge in [-0.25, -0.2) is 13.1 Å². The summed E-state index contributed by atoms with van der Waals surface area (Å²) in [4.78, 5) is 0. The molecule has 1 rings (SSSR count). The highest BCUT2D eigenvalue weighted by Crippen LogP contribution is 2.05. The number of rotatable bonds is 5. The van der Waals surface area contributed by atoms with Crippen LogP contribution in [0, 0.1) is 11.3 Å². The fraction of sp³-hybridized carbons (Fsp3) is 0.364. The topological polar surface area (TPSA) is 90.2 Å². The van der Waals surface area contributed by atoms with Gasteiger partial charge in [0.25, 0.3) is 0 Å². The van der Waals surface area contributed by atoms with Gasteiger partial charge in [0.1, 0.15) is 0 Å². The molecule has 0 amide bonds. The third-order valence-corrected chi connectivity index (χ3v) is 3.91. The summed E-state index contributed by atoms with van der Waals surface area (Å²) in [6, 6.07) is 8.57. The highest BCUT2D eigenvalue weighted by Gasteiger charge is 2.19. The lowest BCUT2D eigenvalue weighted by molar-refractivity contribution is 0.282. The van der Waals surface area contributed by atoms with Gasteiger partial charge in [-0.3, -0.25) is 0 Å². The summed E-state index contributed by atoms with van der Waals surface area (Å²) in [5.41, 5.74) is 1.54. The van der Waals surface area contributed by atoms with Crippen molar-refractivity contribution in [1.29, 1.82) is 5.26 Å². The molecule has 0 heterocycles. The normalized spacial score (nSPS) is 13.0. The van der Waals surface area contributed by atoms with E-state index in [1.54, 1.807) is 30.3 Å². The second-order valence-electron chi connectivity index (χ2n) is 3.61. The van der Waals surface area contributed by atoms with E-state index >= 15 is 0 Å². The van der Waals surface area contributed by atoms with Crippen LogP contribution in [0.25, 0.3) is 0 Å². The van der Waals surface area contributed by atoms with Crippen molar-refractivity contribution < 1.29 is 13.5 Å². The highest BCUT2D eigenvalue weighted by atomic mass is 32.2. The van der Waals surface area contributed by atoms with E-state index in [0.29, 0.717) is 0 Å². The summed E-state index contributed by atoms with van der Waals surface area (Å²) >= 11 is 0. The van der Waals surface area contributed by atoms with Crippen molar-refractivity contribution in [2.75, 3.05) is 0 Å². The van der Waals surface area contributed by atoms with E-state index in [9.17, 15) is 8.42 Å². The second kappa shape index (κ2) is 5.77. The molecule has 1 aromatic carbocycles. The Hall–Kier alpha value is -1.42. The van der Waals surface area contributed by atoms with Crippen molar-refractivity contribution in [3.63, 3.8) is 0 Å². The van der Waals surface area contributed by atoms with E-state index in [4.69, 9.17) is 10.4 Å². The maximum atomic E-state index is 11.5. The first-order valence-electron chi connectivity index (χ1n) is 5.06. The molecule has 92 valence electrons. The third kappa shape index (κ3) is 3.82. The zero-order chi connectivity index (χ0) is 12.9. The lowest BCUT2D eigenvalue weighted by Gasteiger charge is -2.08. The number of aliphatic hydroxyl groups is 1. The Morgan fingerprint density at radius 1 is 1.35 bits per heavy atom. The van der Waals surface area contributed by atoms with Crippen LogP contribution in [0.5, 0.6) is 0 Å². The molecule has 0 bridgehead atoms. The Morgan fingerprint density at radius 3 is 2.35 bits per heavy atom. The fourth-order valence-corrected chi connectivity index (χ4v) is 1.90. The molecule has 0 saturated heterocycles. The Labute approximate surface area is 101 Å². The molecule has 1 aromatic rings. The van der Waals surface area contributed by atoms with Gasteiger partial charge in [0.2, 0.25) is 10.0 Å². The van der Waals surface area contributed by atoms with Crippen molar-refractivity contribution in [3.05, 3.63) is 35.4 Å². The van der Waals surface area contributed by atoms with Crippen LogP contribution in [0.1, 0.15) is 18.1 Å². The van der Waals surface area contributed by atoms with Crippen molar-refractivity contribution in [2.24, 2.45) is 0 Å². The van der Waals surface area contributed by atoms with Crippen LogP contribution >= 0.6 is 0 Å². The number of sulfonamides is 1. The second-order valence-corrected chi connectivity index (χ2v) is 5.70. The number of nitriles is 1. The smallest absolute Gasteiger partial charge is 0.227 e. The maximum Gasteiger partial charge on any atom is 0.227 e. The number of aliphatic hydroxyl groups excluding tert-OH is 1. The molecule has 0 aliphatic rings. The molecule has 1 unspecified atom stereocenters. The molecule has 17 heavy (non-hydrogen) atoms. The van der Waals surface area contributed by atoms with Crippen molar-refractivity contribution in [3.8, 4) is 6.07 Å². The molecule has 0 aromatic heterocycles. The molecule has 0 aliphatic heterocycles. The van der Waals surface area contributed by atoms with Crippen LogP contribution in [-0.2, 0) is 23.2 Å². The monoisotopic (exact) mass is 254 g/mol. The van der Waals surface area contributed by atoms with Gasteiger partial charge < -0.3 is 5.11 Å². The Bertz CT molecular complexity index is 503. The van der Waals surface area contributed by atoms with Crippen LogP contribution < -0.4 is 4.72 Å². The Balaban J connectivity index is 2.65. The summed E-state index contributed by atoms with van der Waals surface area (Å²) in [6.07, 6.45) is 0. The number of nitrogens with zero attached hydrogens (tertiary/aromatic N) is 1. The molecule has 0 aliphatic carbocycles. The first kappa shape index (κ1) is 13.6. The molecule has 2 N–H and O–H groups in total. The zero-order valence-corrected chi connectivity index (χ0v) is 10.2. The number of hydrogen-bond donors (Lipinski definition) is 2. The van der Waals surface area contributed by atoms with Crippen molar-refractivity contribution >= 4 is 10.0 Å². The minimum atomic E-state index is -3.58. The summed E-state index contributed by atoms with van der Waals surface area (Å²) in [7, 11) is -3.58. The largest absolute Gasteiger partial charge is 0.392 e. The van der Waals surface area contributed by atoms with Gasteiger partial charge in [-0.15, -0.1) is 0 Å². The average molecular weight is 254 g/mol. The van der Waals surface area contributed by atoms with E-state index in [1.165, 1.54) is 6.92 Å². The van der Waals surface area contributed by atoms with Crippen molar-refractivity contribution in [1.82, 2.24) is 4.72 Å². The zero-order valence-electron chi connectivity index (χ0n) is 9.42. The van der Waals surface area contributed by atoms with Gasteiger partial charge >= 0.3 is 0 Å². The molecule has 1 atom stereocenters.